The highest BCUT2D eigenvalue weighted by molar-refractivity contribution is 5.69. The molecule has 5 rings (SSSR count). The predicted molar refractivity (Wildman–Crippen MR) is 90.2 cm³/mol. The maximum absolute atomic E-state index is 13.3. The fourth-order valence-corrected chi connectivity index (χ4v) is 5.01. The number of rotatable bonds is 3. The highest BCUT2D eigenvalue weighted by atomic mass is 19.4. The van der Waals surface area contributed by atoms with Gasteiger partial charge in [0.25, 0.3) is 5.56 Å². The van der Waals surface area contributed by atoms with E-state index in [2.05, 4.69) is 4.98 Å². The van der Waals surface area contributed by atoms with Crippen LogP contribution in [0.15, 0.2) is 15.9 Å². The zero-order chi connectivity index (χ0) is 19.9. The Morgan fingerprint density at radius 3 is 2.48 bits per heavy atom. The third-order valence-corrected chi connectivity index (χ3v) is 6.83. The number of aromatic nitrogens is 4. The number of alkyl halides is 3. The number of aryl methyl sites for hydroxylation is 2. The van der Waals surface area contributed by atoms with Gasteiger partial charge in [-0.2, -0.15) is 13.2 Å². The van der Waals surface area contributed by atoms with Gasteiger partial charge in [-0.1, -0.05) is 0 Å². The Bertz CT molecular complexity index is 1040. The average Bonchev–Trinajstić information content (AvgIpc) is 3.19. The van der Waals surface area contributed by atoms with Crippen molar-refractivity contribution < 1.29 is 18.3 Å². The fourth-order valence-electron chi connectivity index (χ4n) is 5.01. The fraction of sp³-hybridized carbons (Fsp3) is 0.706. The van der Waals surface area contributed by atoms with E-state index in [-0.39, 0.29) is 48.8 Å². The molecule has 1 unspecified atom stereocenters. The van der Waals surface area contributed by atoms with E-state index in [9.17, 15) is 27.9 Å². The second-order valence-electron chi connectivity index (χ2n) is 8.27. The lowest BCUT2D eigenvalue weighted by Crippen LogP contribution is -2.58. The van der Waals surface area contributed by atoms with Crippen molar-refractivity contribution in [2.24, 2.45) is 31.3 Å². The van der Waals surface area contributed by atoms with Crippen LogP contribution in [0.1, 0.15) is 26.2 Å². The summed E-state index contributed by atoms with van der Waals surface area (Å²) in [5.74, 6) is -0.285. The van der Waals surface area contributed by atoms with Gasteiger partial charge in [0.1, 0.15) is 0 Å². The number of fused-ring (bicyclic) bond motifs is 2. The SMILES string of the molecule is Cn1cnc2c1c(=O)n(C[C@H]1CC3(C(C)(O)C(F)(F)F)CC1C3)c(=O)n2C. The third-order valence-electron chi connectivity index (χ3n) is 6.83. The van der Waals surface area contributed by atoms with Crippen molar-refractivity contribution in [3.63, 3.8) is 0 Å². The molecule has 3 fully saturated rings. The lowest BCUT2D eigenvalue weighted by Gasteiger charge is -2.49. The van der Waals surface area contributed by atoms with Crippen molar-refractivity contribution >= 4 is 11.2 Å². The van der Waals surface area contributed by atoms with E-state index in [1.54, 1.807) is 7.05 Å². The smallest absolute Gasteiger partial charge is 0.380 e. The second-order valence-corrected chi connectivity index (χ2v) is 8.27. The first-order valence-corrected chi connectivity index (χ1v) is 8.79. The molecule has 0 aliphatic heterocycles. The van der Waals surface area contributed by atoms with Crippen molar-refractivity contribution in [3.8, 4) is 0 Å². The summed E-state index contributed by atoms with van der Waals surface area (Å²) in [4.78, 5) is 29.5. The third kappa shape index (κ3) is 2.22. The maximum atomic E-state index is 13.3. The first kappa shape index (κ1) is 18.3. The van der Waals surface area contributed by atoms with Gasteiger partial charge in [-0.3, -0.25) is 13.9 Å². The summed E-state index contributed by atoms with van der Waals surface area (Å²) in [5, 5.41) is 10.2. The molecule has 7 nitrogen and oxygen atoms in total. The van der Waals surface area contributed by atoms with Crippen molar-refractivity contribution in [1.29, 1.82) is 0 Å². The number of imidazole rings is 1. The first-order valence-electron chi connectivity index (χ1n) is 8.79. The first-order chi connectivity index (χ1) is 12.4. The highest BCUT2D eigenvalue weighted by Crippen LogP contribution is 2.69. The number of nitrogens with zero attached hydrogens (tertiary/aromatic N) is 4. The summed E-state index contributed by atoms with van der Waals surface area (Å²) in [6, 6.07) is 0. The van der Waals surface area contributed by atoms with Crippen molar-refractivity contribution in [2.75, 3.05) is 0 Å². The minimum absolute atomic E-state index is 0.0299. The van der Waals surface area contributed by atoms with Gasteiger partial charge in [0.15, 0.2) is 16.8 Å². The minimum Gasteiger partial charge on any atom is -0.380 e. The molecular weight excluding hydrogens is 365 g/mol. The summed E-state index contributed by atoms with van der Waals surface area (Å²) in [5.41, 5.74) is -4.48. The molecule has 0 amide bonds. The Morgan fingerprint density at radius 1 is 1.26 bits per heavy atom. The molecule has 3 aliphatic carbocycles. The van der Waals surface area contributed by atoms with Crippen LogP contribution in [0.4, 0.5) is 13.2 Å². The molecule has 10 heteroatoms. The van der Waals surface area contributed by atoms with Gasteiger partial charge >= 0.3 is 11.9 Å². The molecule has 2 atom stereocenters. The molecule has 2 bridgehead atoms. The van der Waals surface area contributed by atoms with Crippen molar-refractivity contribution in [2.45, 2.75) is 44.5 Å². The van der Waals surface area contributed by atoms with E-state index < -0.39 is 28.4 Å². The Kier molecular flexibility index (Phi) is 3.55. The lowest BCUT2D eigenvalue weighted by molar-refractivity contribution is -0.305. The topological polar surface area (TPSA) is 82.1 Å². The van der Waals surface area contributed by atoms with Crippen LogP contribution in [-0.4, -0.2) is 35.6 Å². The van der Waals surface area contributed by atoms with Crippen LogP contribution in [0, 0.1) is 17.3 Å². The van der Waals surface area contributed by atoms with Crippen LogP contribution < -0.4 is 11.2 Å². The number of halogens is 3. The lowest BCUT2D eigenvalue weighted by atomic mass is 9.60. The van der Waals surface area contributed by atoms with Crippen LogP contribution >= 0.6 is 0 Å². The van der Waals surface area contributed by atoms with Crippen LogP contribution in [0.25, 0.3) is 11.2 Å². The molecule has 2 aromatic rings. The zero-order valence-electron chi connectivity index (χ0n) is 15.2. The van der Waals surface area contributed by atoms with Gasteiger partial charge in [0, 0.05) is 26.1 Å². The molecule has 0 spiro atoms. The van der Waals surface area contributed by atoms with Crippen LogP contribution in [0.2, 0.25) is 0 Å². The standard InChI is InChI=1S/C17H21F3N4O3/c1-15(27,17(18,19)20)16-4-9(5-16)10(6-16)7-24-13(25)11-12(21-8-22(11)2)23(3)14(24)26/h8-10,27H,4-7H2,1-3H3/t9?,10-,15?,16?/m1/s1. The summed E-state index contributed by atoms with van der Waals surface area (Å²) in [7, 11) is 3.16. The second kappa shape index (κ2) is 5.24. The van der Waals surface area contributed by atoms with E-state index in [1.807, 2.05) is 0 Å². The van der Waals surface area contributed by atoms with Crippen LogP contribution in [-0.2, 0) is 20.6 Å². The van der Waals surface area contributed by atoms with E-state index in [0.29, 0.717) is 0 Å². The van der Waals surface area contributed by atoms with E-state index in [0.717, 1.165) is 11.5 Å². The van der Waals surface area contributed by atoms with Crippen LogP contribution in [0.5, 0.6) is 0 Å². The molecule has 2 heterocycles. The van der Waals surface area contributed by atoms with Gasteiger partial charge in [0.05, 0.1) is 6.33 Å². The van der Waals surface area contributed by atoms with E-state index >= 15 is 0 Å². The van der Waals surface area contributed by atoms with Gasteiger partial charge < -0.3 is 9.67 Å². The van der Waals surface area contributed by atoms with Gasteiger partial charge in [-0.05, 0) is 38.0 Å². The van der Waals surface area contributed by atoms with Gasteiger partial charge in [-0.15, -0.1) is 0 Å². The number of hydrogen-bond donors (Lipinski definition) is 1. The van der Waals surface area contributed by atoms with Crippen LogP contribution in [0.3, 0.4) is 0 Å². The minimum atomic E-state index is -4.71. The summed E-state index contributed by atoms with van der Waals surface area (Å²) in [6.45, 7) is 0.880. The Hall–Kier alpha value is -2.10. The molecule has 0 radical (unpaired) electrons. The Morgan fingerprint density at radius 2 is 1.89 bits per heavy atom. The Labute approximate surface area is 152 Å². The monoisotopic (exact) mass is 386 g/mol. The predicted octanol–water partition coefficient (Wildman–Crippen LogP) is 1.16. The highest BCUT2D eigenvalue weighted by Gasteiger charge is 2.71. The molecule has 1 N–H and O–H groups in total. The molecule has 0 aromatic carbocycles. The normalized spacial score (nSPS) is 29.7. The largest absolute Gasteiger partial charge is 0.417 e. The summed E-state index contributed by atoms with van der Waals surface area (Å²) >= 11 is 0. The molecule has 0 saturated heterocycles. The van der Waals surface area contributed by atoms with E-state index in [4.69, 9.17) is 0 Å². The van der Waals surface area contributed by atoms with Crippen molar-refractivity contribution in [3.05, 3.63) is 27.2 Å². The van der Waals surface area contributed by atoms with E-state index in [1.165, 1.54) is 22.5 Å². The quantitative estimate of drug-likeness (QED) is 0.859. The summed E-state index contributed by atoms with van der Waals surface area (Å²) < 4.78 is 43.8. The average molecular weight is 386 g/mol. The zero-order valence-corrected chi connectivity index (χ0v) is 15.2. The molecular formula is C17H21F3N4O3. The molecule has 3 saturated carbocycles. The Balaban J connectivity index is 1.69. The van der Waals surface area contributed by atoms with Gasteiger partial charge in [-0.25, -0.2) is 9.78 Å². The molecule has 148 valence electrons. The van der Waals surface area contributed by atoms with Gasteiger partial charge in [0.2, 0.25) is 0 Å². The molecule has 27 heavy (non-hydrogen) atoms. The molecule has 3 aliphatic rings. The summed E-state index contributed by atoms with van der Waals surface area (Å²) in [6.07, 6.45) is -2.62. The van der Waals surface area contributed by atoms with Crippen molar-refractivity contribution in [1.82, 2.24) is 18.7 Å². The molecule has 2 aromatic heterocycles. The number of aliphatic hydroxyl groups is 1. The number of hydrogen-bond acceptors (Lipinski definition) is 4. The maximum Gasteiger partial charge on any atom is 0.417 e.